The number of anilines is 2. The van der Waals surface area contributed by atoms with Gasteiger partial charge in [-0.3, -0.25) is 0 Å². The largest absolute Gasteiger partial charge is 0.376 e. The smallest absolute Gasteiger partial charge is 0.149 e. The zero-order valence-corrected chi connectivity index (χ0v) is 16.6. The van der Waals surface area contributed by atoms with Gasteiger partial charge in [-0.25, -0.2) is 4.98 Å². The van der Waals surface area contributed by atoms with Crippen LogP contribution < -0.4 is 10.2 Å². The third-order valence-corrected chi connectivity index (χ3v) is 6.28. The highest BCUT2D eigenvalue weighted by atomic mass is 16.5. The van der Waals surface area contributed by atoms with E-state index in [1.54, 1.807) is 0 Å². The minimum absolute atomic E-state index is 0.277. The molecule has 1 atom stereocenters. The van der Waals surface area contributed by atoms with Gasteiger partial charge in [0.1, 0.15) is 17.7 Å². The second kappa shape index (κ2) is 8.04. The first kappa shape index (κ1) is 18.5. The molecule has 0 aromatic carbocycles. The lowest BCUT2D eigenvalue weighted by molar-refractivity contribution is 0.120. The van der Waals surface area contributed by atoms with Crippen LogP contribution in [0.3, 0.4) is 0 Å². The monoisotopic (exact) mass is 369 g/mol. The van der Waals surface area contributed by atoms with Gasteiger partial charge in [-0.05, 0) is 50.6 Å². The zero-order valence-electron chi connectivity index (χ0n) is 16.6. The molecule has 0 unspecified atom stereocenters. The number of nitrogens with zero attached hydrogens (tertiary/aromatic N) is 4. The molecule has 0 aliphatic carbocycles. The van der Waals surface area contributed by atoms with Gasteiger partial charge in [-0.2, -0.15) is 5.26 Å². The summed E-state index contributed by atoms with van der Waals surface area (Å²) in [4.78, 5) is 9.65. The summed E-state index contributed by atoms with van der Waals surface area (Å²) >= 11 is 0. The van der Waals surface area contributed by atoms with Crippen LogP contribution >= 0.6 is 0 Å². The second-order valence-corrected chi connectivity index (χ2v) is 8.40. The molecule has 4 rings (SSSR count). The van der Waals surface area contributed by atoms with Gasteiger partial charge in [0.15, 0.2) is 0 Å². The van der Waals surface area contributed by atoms with Crippen molar-refractivity contribution in [3.05, 3.63) is 16.7 Å². The van der Waals surface area contributed by atoms with Gasteiger partial charge >= 0.3 is 0 Å². The molecule has 2 fully saturated rings. The Morgan fingerprint density at radius 3 is 2.74 bits per heavy atom. The summed E-state index contributed by atoms with van der Waals surface area (Å²) in [5.41, 5.74) is 3.21. The van der Waals surface area contributed by atoms with Crippen molar-refractivity contribution in [1.82, 2.24) is 9.88 Å². The van der Waals surface area contributed by atoms with E-state index in [0.717, 1.165) is 81.7 Å². The number of hydrogen-bond acceptors (Lipinski definition) is 6. The molecule has 146 valence electrons. The van der Waals surface area contributed by atoms with E-state index in [-0.39, 0.29) is 6.10 Å². The Morgan fingerprint density at radius 1 is 1.22 bits per heavy atom. The molecular weight excluding hydrogens is 338 g/mol. The van der Waals surface area contributed by atoms with Crippen molar-refractivity contribution in [2.75, 3.05) is 50.1 Å². The van der Waals surface area contributed by atoms with Crippen LogP contribution in [0, 0.1) is 17.2 Å². The molecule has 6 heteroatoms. The number of nitrogens with one attached hydrogen (secondary N) is 1. The molecule has 1 aromatic heterocycles. The van der Waals surface area contributed by atoms with Crippen molar-refractivity contribution in [1.29, 1.82) is 5.26 Å². The van der Waals surface area contributed by atoms with E-state index < -0.39 is 0 Å². The molecule has 0 bridgehead atoms. The minimum atomic E-state index is 0.277. The molecule has 3 aliphatic heterocycles. The van der Waals surface area contributed by atoms with Crippen molar-refractivity contribution in [3.63, 3.8) is 0 Å². The summed E-state index contributed by atoms with van der Waals surface area (Å²) in [6.45, 7) is 7.80. The third kappa shape index (κ3) is 3.90. The van der Waals surface area contributed by atoms with Gasteiger partial charge in [0.2, 0.25) is 0 Å². The van der Waals surface area contributed by atoms with Crippen LogP contribution in [-0.2, 0) is 17.7 Å². The topological polar surface area (TPSA) is 64.4 Å². The number of rotatable bonds is 4. The van der Waals surface area contributed by atoms with Crippen molar-refractivity contribution >= 4 is 11.6 Å². The number of hydrogen-bond donors (Lipinski definition) is 1. The molecule has 27 heavy (non-hydrogen) atoms. The Bertz CT molecular complexity index is 714. The fourth-order valence-corrected chi connectivity index (χ4v) is 4.48. The highest BCUT2D eigenvalue weighted by Crippen LogP contribution is 2.34. The van der Waals surface area contributed by atoms with Gasteiger partial charge in [0.25, 0.3) is 0 Å². The SMILES string of the molecule is CC1CCN(c2nc(NC[C@H]3CCCO3)c3c(c2C#N)CCN(C)C3)CC1. The minimum Gasteiger partial charge on any atom is -0.376 e. The van der Waals surface area contributed by atoms with E-state index in [1.165, 1.54) is 24.0 Å². The van der Waals surface area contributed by atoms with Crippen molar-refractivity contribution < 1.29 is 4.74 Å². The van der Waals surface area contributed by atoms with Crippen molar-refractivity contribution in [2.24, 2.45) is 5.92 Å². The maximum absolute atomic E-state index is 9.95. The van der Waals surface area contributed by atoms with E-state index in [2.05, 4.69) is 35.2 Å². The van der Waals surface area contributed by atoms with Crippen LogP contribution in [0.15, 0.2) is 0 Å². The van der Waals surface area contributed by atoms with Crippen LogP contribution in [0.4, 0.5) is 11.6 Å². The van der Waals surface area contributed by atoms with E-state index in [4.69, 9.17) is 9.72 Å². The van der Waals surface area contributed by atoms with Gasteiger partial charge in [0.05, 0.1) is 11.7 Å². The Balaban J connectivity index is 1.67. The third-order valence-electron chi connectivity index (χ3n) is 6.28. The highest BCUT2D eigenvalue weighted by Gasteiger charge is 2.28. The van der Waals surface area contributed by atoms with E-state index in [0.29, 0.717) is 0 Å². The summed E-state index contributed by atoms with van der Waals surface area (Å²) < 4.78 is 5.78. The van der Waals surface area contributed by atoms with Crippen LogP contribution in [0.2, 0.25) is 0 Å². The van der Waals surface area contributed by atoms with Crippen LogP contribution in [0.1, 0.15) is 49.3 Å². The normalized spacial score (nSPS) is 23.9. The average Bonchev–Trinajstić information content (AvgIpc) is 3.20. The van der Waals surface area contributed by atoms with E-state index >= 15 is 0 Å². The van der Waals surface area contributed by atoms with Crippen molar-refractivity contribution in [2.45, 2.75) is 51.7 Å². The molecule has 3 aliphatic rings. The first-order valence-electron chi connectivity index (χ1n) is 10.4. The Morgan fingerprint density at radius 2 is 2.04 bits per heavy atom. The molecule has 0 saturated carbocycles. The molecular formula is C21H31N5O. The quantitative estimate of drug-likeness (QED) is 0.880. The van der Waals surface area contributed by atoms with Crippen LogP contribution in [0.25, 0.3) is 0 Å². The van der Waals surface area contributed by atoms with Gasteiger partial charge in [-0.1, -0.05) is 6.92 Å². The molecule has 0 radical (unpaired) electrons. The summed E-state index contributed by atoms with van der Waals surface area (Å²) in [5.74, 6) is 2.61. The van der Waals surface area contributed by atoms with E-state index in [9.17, 15) is 5.26 Å². The summed E-state index contributed by atoms with van der Waals surface area (Å²) in [6, 6.07) is 2.50. The molecule has 2 saturated heterocycles. The Hall–Kier alpha value is -1.84. The van der Waals surface area contributed by atoms with Crippen LogP contribution in [-0.4, -0.2) is 55.8 Å². The molecule has 6 nitrogen and oxygen atoms in total. The molecule has 1 N–H and O–H groups in total. The second-order valence-electron chi connectivity index (χ2n) is 8.40. The number of piperidine rings is 1. The maximum atomic E-state index is 9.95. The average molecular weight is 370 g/mol. The molecule has 0 spiro atoms. The standard InChI is InChI=1S/C21H31N5O/c1-15-5-9-26(10-6-15)21-18(12-22)17-7-8-25(2)14-19(17)20(24-21)23-13-16-4-3-11-27-16/h15-16H,3-11,13-14H2,1-2H3,(H,23,24)/t16-/m1/s1. The fourth-order valence-electron chi connectivity index (χ4n) is 4.48. The summed E-state index contributed by atoms with van der Waals surface area (Å²) in [5, 5.41) is 13.5. The number of nitriles is 1. The van der Waals surface area contributed by atoms with Gasteiger partial charge in [-0.15, -0.1) is 0 Å². The Labute approximate surface area is 162 Å². The summed E-state index contributed by atoms with van der Waals surface area (Å²) in [7, 11) is 2.14. The predicted molar refractivity (Wildman–Crippen MR) is 107 cm³/mol. The molecule has 4 heterocycles. The van der Waals surface area contributed by atoms with Gasteiger partial charge in [0, 0.05) is 44.9 Å². The zero-order chi connectivity index (χ0) is 18.8. The summed E-state index contributed by atoms with van der Waals surface area (Å²) in [6.07, 6.45) is 5.80. The lowest BCUT2D eigenvalue weighted by Crippen LogP contribution is -2.36. The number of ether oxygens (including phenoxy) is 1. The number of pyridine rings is 1. The molecule has 0 amide bonds. The first-order valence-corrected chi connectivity index (χ1v) is 10.4. The number of fused-ring (bicyclic) bond motifs is 1. The lowest BCUT2D eigenvalue weighted by atomic mass is 9.94. The van der Waals surface area contributed by atoms with Crippen LogP contribution in [0.5, 0.6) is 0 Å². The number of aromatic nitrogens is 1. The van der Waals surface area contributed by atoms with Crippen molar-refractivity contribution in [3.8, 4) is 6.07 Å². The van der Waals surface area contributed by atoms with E-state index in [1.807, 2.05) is 0 Å². The number of likely N-dealkylation sites (N-methyl/N-ethyl adjacent to an activating group) is 1. The lowest BCUT2D eigenvalue weighted by Gasteiger charge is -2.34. The van der Waals surface area contributed by atoms with Gasteiger partial charge < -0.3 is 19.9 Å². The Kier molecular flexibility index (Phi) is 5.51. The predicted octanol–water partition coefficient (Wildman–Crippen LogP) is 2.77. The highest BCUT2D eigenvalue weighted by molar-refractivity contribution is 5.67. The first-order chi connectivity index (χ1) is 13.2. The fraction of sp³-hybridized carbons (Fsp3) is 0.714. The molecule has 1 aromatic rings. The maximum Gasteiger partial charge on any atom is 0.149 e.